The van der Waals surface area contributed by atoms with Crippen LogP contribution >= 0.6 is 0 Å². The SMILES string of the molecule is CC(C)(C)OC(=O)N1CCc2cc(CCN)oc2CC1. The zero-order valence-electron chi connectivity index (χ0n) is 12.6. The highest BCUT2D eigenvalue weighted by molar-refractivity contribution is 5.68. The van der Waals surface area contributed by atoms with E-state index >= 15 is 0 Å². The predicted molar refractivity (Wildman–Crippen MR) is 76.7 cm³/mol. The van der Waals surface area contributed by atoms with Crippen molar-refractivity contribution in [2.45, 2.75) is 45.6 Å². The fourth-order valence-electron chi connectivity index (χ4n) is 2.33. The minimum absolute atomic E-state index is 0.246. The first kappa shape index (κ1) is 14.9. The first-order valence-corrected chi connectivity index (χ1v) is 7.17. The number of furan rings is 1. The van der Waals surface area contributed by atoms with Crippen LogP contribution < -0.4 is 5.73 Å². The van der Waals surface area contributed by atoms with Gasteiger partial charge in [-0.2, -0.15) is 0 Å². The number of carbonyl (C=O) groups excluding carboxylic acids is 1. The van der Waals surface area contributed by atoms with Crippen LogP contribution in [0.3, 0.4) is 0 Å². The lowest BCUT2D eigenvalue weighted by Crippen LogP contribution is -2.38. The van der Waals surface area contributed by atoms with Crippen LogP contribution in [0.2, 0.25) is 0 Å². The molecule has 0 radical (unpaired) electrons. The summed E-state index contributed by atoms with van der Waals surface area (Å²) in [7, 11) is 0. The van der Waals surface area contributed by atoms with Gasteiger partial charge in [0.1, 0.15) is 17.1 Å². The molecule has 0 spiro atoms. The molecule has 1 aliphatic heterocycles. The summed E-state index contributed by atoms with van der Waals surface area (Å²) in [6, 6.07) is 2.07. The van der Waals surface area contributed by atoms with Gasteiger partial charge in [0, 0.05) is 25.9 Å². The number of rotatable bonds is 2. The summed E-state index contributed by atoms with van der Waals surface area (Å²) in [6.07, 6.45) is 2.06. The van der Waals surface area contributed by atoms with Gasteiger partial charge < -0.3 is 19.8 Å². The van der Waals surface area contributed by atoms with Gasteiger partial charge >= 0.3 is 6.09 Å². The number of nitrogens with two attached hydrogens (primary N) is 1. The van der Waals surface area contributed by atoms with Crippen molar-refractivity contribution in [1.82, 2.24) is 4.90 Å². The molecular formula is C15H24N2O3. The number of hydrogen-bond donors (Lipinski definition) is 1. The van der Waals surface area contributed by atoms with E-state index in [1.54, 1.807) is 4.90 Å². The molecule has 0 saturated heterocycles. The summed E-state index contributed by atoms with van der Waals surface area (Å²) in [5, 5.41) is 0. The Kier molecular flexibility index (Phi) is 4.38. The maximum Gasteiger partial charge on any atom is 0.410 e. The third kappa shape index (κ3) is 3.76. The summed E-state index contributed by atoms with van der Waals surface area (Å²) in [5.41, 5.74) is 6.28. The van der Waals surface area contributed by atoms with E-state index in [9.17, 15) is 4.79 Å². The van der Waals surface area contributed by atoms with Crippen LogP contribution in [-0.2, 0) is 24.0 Å². The second-order valence-electron chi connectivity index (χ2n) is 6.17. The predicted octanol–water partition coefficient (Wildman–Crippen LogP) is 2.12. The van der Waals surface area contributed by atoms with Gasteiger partial charge in [-0.05, 0) is 45.4 Å². The quantitative estimate of drug-likeness (QED) is 0.901. The molecule has 1 aromatic heterocycles. The number of amides is 1. The van der Waals surface area contributed by atoms with Crippen molar-refractivity contribution in [3.05, 3.63) is 23.2 Å². The second kappa shape index (κ2) is 5.87. The molecule has 5 heteroatoms. The number of nitrogens with zero attached hydrogens (tertiary/aromatic N) is 1. The van der Waals surface area contributed by atoms with Gasteiger partial charge in [-0.15, -0.1) is 0 Å². The van der Waals surface area contributed by atoms with Gasteiger partial charge in [0.25, 0.3) is 0 Å². The van der Waals surface area contributed by atoms with E-state index in [1.165, 1.54) is 5.56 Å². The Morgan fingerprint density at radius 1 is 1.40 bits per heavy atom. The van der Waals surface area contributed by atoms with Crippen molar-refractivity contribution in [1.29, 1.82) is 0 Å². The maximum absolute atomic E-state index is 12.1. The molecule has 2 N–H and O–H groups in total. The van der Waals surface area contributed by atoms with Crippen LogP contribution in [0, 0.1) is 0 Å². The van der Waals surface area contributed by atoms with Crippen molar-refractivity contribution >= 4 is 6.09 Å². The number of hydrogen-bond acceptors (Lipinski definition) is 4. The third-order valence-corrected chi connectivity index (χ3v) is 3.25. The fraction of sp³-hybridized carbons (Fsp3) is 0.667. The first-order chi connectivity index (χ1) is 9.39. The van der Waals surface area contributed by atoms with Crippen molar-refractivity contribution in [3.8, 4) is 0 Å². The van der Waals surface area contributed by atoms with Crippen LogP contribution in [0.1, 0.15) is 37.9 Å². The summed E-state index contributed by atoms with van der Waals surface area (Å²) in [4.78, 5) is 13.8. The largest absolute Gasteiger partial charge is 0.466 e. The Bertz CT molecular complexity index is 448. The Balaban J connectivity index is 1.98. The van der Waals surface area contributed by atoms with Crippen LogP contribution in [0.4, 0.5) is 4.79 Å². The maximum atomic E-state index is 12.1. The Labute approximate surface area is 120 Å². The number of fused-ring (bicyclic) bond motifs is 1. The molecule has 0 bridgehead atoms. The van der Waals surface area contributed by atoms with Crippen LogP contribution in [0.5, 0.6) is 0 Å². The number of carbonyl (C=O) groups is 1. The van der Waals surface area contributed by atoms with E-state index in [0.29, 0.717) is 19.6 Å². The van der Waals surface area contributed by atoms with Gasteiger partial charge in [0.2, 0.25) is 0 Å². The monoisotopic (exact) mass is 280 g/mol. The lowest BCUT2D eigenvalue weighted by molar-refractivity contribution is 0.0257. The van der Waals surface area contributed by atoms with E-state index in [4.69, 9.17) is 14.9 Å². The molecule has 0 aromatic carbocycles. The van der Waals surface area contributed by atoms with Crippen molar-refractivity contribution in [2.75, 3.05) is 19.6 Å². The second-order valence-corrected chi connectivity index (χ2v) is 6.17. The Hall–Kier alpha value is -1.49. The molecular weight excluding hydrogens is 256 g/mol. The van der Waals surface area contributed by atoms with Gasteiger partial charge in [-0.3, -0.25) is 0 Å². The topological polar surface area (TPSA) is 68.7 Å². The van der Waals surface area contributed by atoms with Crippen LogP contribution in [0.15, 0.2) is 10.5 Å². The summed E-state index contributed by atoms with van der Waals surface area (Å²) >= 11 is 0. The molecule has 2 heterocycles. The van der Waals surface area contributed by atoms with Crippen molar-refractivity contribution in [3.63, 3.8) is 0 Å². The summed E-state index contributed by atoms with van der Waals surface area (Å²) in [6.45, 7) is 7.54. The molecule has 0 fully saturated rings. The highest BCUT2D eigenvalue weighted by atomic mass is 16.6. The molecule has 112 valence electrons. The molecule has 5 nitrogen and oxygen atoms in total. The smallest absolute Gasteiger partial charge is 0.410 e. The normalized spacial score (nSPS) is 15.7. The molecule has 1 aromatic rings. The molecule has 0 atom stereocenters. The molecule has 0 aliphatic carbocycles. The third-order valence-electron chi connectivity index (χ3n) is 3.25. The van der Waals surface area contributed by atoms with Crippen molar-refractivity contribution in [2.24, 2.45) is 5.73 Å². The fourth-order valence-corrected chi connectivity index (χ4v) is 2.33. The van der Waals surface area contributed by atoms with E-state index in [1.807, 2.05) is 20.8 Å². The van der Waals surface area contributed by atoms with Crippen LogP contribution in [-0.4, -0.2) is 36.2 Å². The lowest BCUT2D eigenvalue weighted by atomic mass is 10.1. The molecule has 0 saturated carbocycles. The molecule has 2 rings (SSSR count). The standard InChI is InChI=1S/C15H24N2O3/c1-15(2,3)20-14(18)17-8-5-11-10-12(4-7-16)19-13(11)6-9-17/h10H,4-9,16H2,1-3H3. The van der Waals surface area contributed by atoms with Gasteiger partial charge in [-0.25, -0.2) is 4.79 Å². The van der Waals surface area contributed by atoms with Gasteiger partial charge in [-0.1, -0.05) is 0 Å². The zero-order valence-corrected chi connectivity index (χ0v) is 12.6. The average molecular weight is 280 g/mol. The minimum atomic E-state index is -0.454. The molecule has 20 heavy (non-hydrogen) atoms. The Morgan fingerprint density at radius 2 is 2.10 bits per heavy atom. The Morgan fingerprint density at radius 3 is 2.75 bits per heavy atom. The van der Waals surface area contributed by atoms with E-state index in [0.717, 1.165) is 30.8 Å². The first-order valence-electron chi connectivity index (χ1n) is 7.17. The summed E-state index contributed by atoms with van der Waals surface area (Å²) in [5.74, 6) is 1.93. The van der Waals surface area contributed by atoms with E-state index in [2.05, 4.69) is 6.07 Å². The average Bonchev–Trinajstić information content (AvgIpc) is 2.59. The molecule has 0 unspecified atom stereocenters. The minimum Gasteiger partial charge on any atom is -0.466 e. The van der Waals surface area contributed by atoms with E-state index in [-0.39, 0.29) is 6.09 Å². The number of ether oxygens (including phenoxy) is 1. The lowest BCUT2D eigenvalue weighted by Gasteiger charge is -2.26. The molecule has 1 amide bonds. The summed E-state index contributed by atoms with van der Waals surface area (Å²) < 4.78 is 11.2. The van der Waals surface area contributed by atoms with Crippen LogP contribution in [0.25, 0.3) is 0 Å². The molecule has 1 aliphatic rings. The highest BCUT2D eigenvalue weighted by Crippen LogP contribution is 2.22. The highest BCUT2D eigenvalue weighted by Gasteiger charge is 2.25. The van der Waals surface area contributed by atoms with Gasteiger partial charge in [0.05, 0.1) is 0 Å². The zero-order chi connectivity index (χ0) is 14.8. The van der Waals surface area contributed by atoms with E-state index < -0.39 is 5.60 Å². The van der Waals surface area contributed by atoms with Gasteiger partial charge in [0.15, 0.2) is 0 Å². The van der Waals surface area contributed by atoms with Crippen molar-refractivity contribution < 1.29 is 13.9 Å².